The lowest BCUT2D eigenvalue weighted by Crippen LogP contribution is -2.46. The summed E-state index contributed by atoms with van der Waals surface area (Å²) in [4.78, 5) is 17.9. The normalized spacial score (nSPS) is 30.2. The summed E-state index contributed by atoms with van der Waals surface area (Å²) in [6.07, 6.45) is 2.37. The van der Waals surface area contributed by atoms with E-state index in [2.05, 4.69) is 0 Å². The smallest absolute Gasteiger partial charge is 0.249 e. The van der Waals surface area contributed by atoms with Gasteiger partial charge in [0.1, 0.15) is 0 Å². The highest BCUT2D eigenvalue weighted by Gasteiger charge is 2.40. The minimum absolute atomic E-state index is 0.00147. The van der Waals surface area contributed by atoms with Gasteiger partial charge in [-0.05, 0) is 30.5 Å². The molecule has 2 N–H and O–H groups in total. The number of carbonyl (C=O) groups is 1. The van der Waals surface area contributed by atoms with E-state index in [4.69, 9.17) is 22.2 Å². The average Bonchev–Trinajstić information content (AvgIpc) is 2.84. The van der Waals surface area contributed by atoms with Crippen molar-refractivity contribution in [2.24, 2.45) is 11.7 Å². The molecule has 1 aromatic rings. The molecule has 0 spiro atoms. The third-order valence-corrected chi connectivity index (χ3v) is 4.15. The van der Waals surface area contributed by atoms with Gasteiger partial charge in [-0.3, -0.25) is 9.63 Å². The monoisotopic (exact) mass is 280 g/mol. The number of amides is 1. The van der Waals surface area contributed by atoms with E-state index in [0.29, 0.717) is 11.6 Å². The molecule has 1 saturated carbocycles. The summed E-state index contributed by atoms with van der Waals surface area (Å²) in [6.45, 7) is 0.581. The molecule has 102 valence electrons. The van der Waals surface area contributed by atoms with Crippen molar-refractivity contribution in [2.75, 3.05) is 6.61 Å². The lowest BCUT2D eigenvalue weighted by molar-refractivity contribution is -0.185. The van der Waals surface area contributed by atoms with E-state index in [1.54, 1.807) is 5.06 Å². The zero-order valence-corrected chi connectivity index (χ0v) is 11.3. The molecule has 5 heteroatoms. The second-order valence-electron chi connectivity index (χ2n) is 5.28. The zero-order chi connectivity index (χ0) is 13.4. The molecule has 1 aliphatic carbocycles. The van der Waals surface area contributed by atoms with Crippen molar-refractivity contribution in [3.05, 3.63) is 34.9 Å². The molecule has 1 saturated heterocycles. The Bertz CT molecular complexity index is 471. The molecule has 0 aromatic heterocycles. The first-order valence-electron chi connectivity index (χ1n) is 6.62. The second-order valence-corrected chi connectivity index (χ2v) is 5.72. The van der Waals surface area contributed by atoms with Gasteiger partial charge in [0, 0.05) is 23.4 Å². The van der Waals surface area contributed by atoms with Gasteiger partial charge in [-0.25, -0.2) is 5.06 Å². The first-order valence-corrected chi connectivity index (χ1v) is 7.00. The van der Waals surface area contributed by atoms with Crippen LogP contribution in [0.3, 0.4) is 0 Å². The fourth-order valence-corrected chi connectivity index (χ4v) is 2.84. The molecule has 0 unspecified atom stereocenters. The second kappa shape index (κ2) is 5.12. The number of hydrogen-bond acceptors (Lipinski definition) is 3. The summed E-state index contributed by atoms with van der Waals surface area (Å²) in [5.74, 6) is 0.0991. The highest BCUT2D eigenvalue weighted by Crippen LogP contribution is 2.36. The molecule has 4 nitrogen and oxygen atoms in total. The van der Waals surface area contributed by atoms with Crippen molar-refractivity contribution in [3.8, 4) is 0 Å². The number of carbonyl (C=O) groups excluding carboxylic acids is 1. The van der Waals surface area contributed by atoms with Crippen molar-refractivity contribution < 1.29 is 9.63 Å². The Morgan fingerprint density at radius 3 is 2.63 bits per heavy atom. The minimum atomic E-state index is 0.00147. The van der Waals surface area contributed by atoms with Gasteiger partial charge in [0.25, 0.3) is 0 Å². The molecule has 2 aliphatic rings. The van der Waals surface area contributed by atoms with Gasteiger partial charge in [0.15, 0.2) is 0 Å². The molecule has 1 atom stereocenters. The van der Waals surface area contributed by atoms with Crippen LogP contribution in [-0.2, 0) is 9.63 Å². The van der Waals surface area contributed by atoms with Gasteiger partial charge in [0.2, 0.25) is 5.91 Å². The van der Waals surface area contributed by atoms with E-state index in [9.17, 15) is 4.79 Å². The Balaban J connectivity index is 1.74. The Morgan fingerprint density at radius 1 is 1.32 bits per heavy atom. The molecule has 1 amide bonds. The highest BCUT2D eigenvalue weighted by molar-refractivity contribution is 6.30. The maximum absolute atomic E-state index is 12.3. The molecule has 2 fully saturated rings. The van der Waals surface area contributed by atoms with E-state index in [0.717, 1.165) is 24.8 Å². The topological polar surface area (TPSA) is 55.6 Å². The molecule has 19 heavy (non-hydrogen) atoms. The molecule has 3 rings (SSSR count). The predicted octanol–water partition coefficient (Wildman–Crippen LogP) is 2.28. The Hall–Kier alpha value is -1.10. The quantitative estimate of drug-likeness (QED) is 0.904. The average molecular weight is 281 g/mol. The van der Waals surface area contributed by atoms with Crippen LogP contribution in [0, 0.1) is 5.92 Å². The van der Waals surface area contributed by atoms with Gasteiger partial charge >= 0.3 is 0 Å². The third-order valence-electron chi connectivity index (χ3n) is 3.90. The van der Waals surface area contributed by atoms with Gasteiger partial charge in [-0.2, -0.15) is 0 Å². The van der Waals surface area contributed by atoms with Crippen molar-refractivity contribution in [1.82, 2.24) is 5.06 Å². The maximum atomic E-state index is 12.3. The molecule has 1 aliphatic heterocycles. The van der Waals surface area contributed by atoms with Crippen LogP contribution in [0.25, 0.3) is 0 Å². The number of nitrogens with zero attached hydrogens (tertiary/aromatic N) is 1. The van der Waals surface area contributed by atoms with Crippen LogP contribution < -0.4 is 5.73 Å². The Labute approximate surface area is 117 Å². The van der Waals surface area contributed by atoms with Crippen LogP contribution in [0.1, 0.15) is 30.9 Å². The van der Waals surface area contributed by atoms with E-state index in [1.807, 2.05) is 24.3 Å². The Kier molecular flexibility index (Phi) is 3.48. The van der Waals surface area contributed by atoms with Crippen molar-refractivity contribution >= 4 is 17.5 Å². The molecule has 1 heterocycles. The first-order chi connectivity index (χ1) is 9.15. The zero-order valence-electron chi connectivity index (χ0n) is 10.6. The lowest BCUT2D eigenvalue weighted by Gasteiger charge is -2.35. The summed E-state index contributed by atoms with van der Waals surface area (Å²) in [5.41, 5.74) is 6.81. The summed E-state index contributed by atoms with van der Waals surface area (Å²) in [7, 11) is 0. The van der Waals surface area contributed by atoms with Crippen molar-refractivity contribution in [3.63, 3.8) is 0 Å². The first kappa shape index (κ1) is 12.9. The van der Waals surface area contributed by atoms with Crippen LogP contribution >= 0.6 is 11.6 Å². The number of hydroxylamine groups is 2. The van der Waals surface area contributed by atoms with Crippen molar-refractivity contribution in [2.45, 2.75) is 31.3 Å². The molecular weight excluding hydrogens is 264 g/mol. The van der Waals surface area contributed by atoms with Gasteiger partial charge in [0.05, 0.1) is 12.6 Å². The summed E-state index contributed by atoms with van der Waals surface area (Å²) < 4.78 is 0. The fraction of sp³-hybridized carbons (Fsp3) is 0.500. The van der Waals surface area contributed by atoms with E-state index in [-0.39, 0.29) is 23.9 Å². The maximum Gasteiger partial charge on any atom is 0.249 e. The summed E-state index contributed by atoms with van der Waals surface area (Å²) in [5, 5.41) is 2.24. The molecule has 0 radical (unpaired) electrons. The van der Waals surface area contributed by atoms with E-state index < -0.39 is 0 Å². The SMILES string of the molecule is N[C@H]1C[C@@H](C(=O)N2OCC[C@H]2c2ccc(Cl)cc2)C1. The van der Waals surface area contributed by atoms with Crippen LogP contribution in [0.5, 0.6) is 0 Å². The van der Waals surface area contributed by atoms with Crippen LogP contribution in [-0.4, -0.2) is 23.6 Å². The van der Waals surface area contributed by atoms with Gasteiger partial charge in [-0.15, -0.1) is 0 Å². The number of nitrogens with two attached hydrogens (primary N) is 1. The Morgan fingerprint density at radius 2 is 2.00 bits per heavy atom. The molecule has 1 aromatic carbocycles. The van der Waals surface area contributed by atoms with Crippen LogP contribution in [0.4, 0.5) is 0 Å². The van der Waals surface area contributed by atoms with E-state index >= 15 is 0 Å². The van der Waals surface area contributed by atoms with E-state index in [1.165, 1.54) is 0 Å². The molecular formula is C14H17ClN2O2. The highest BCUT2D eigenvalue weighted by atomic mass is 35.5. The number of halogens is 1. The van der Waals surface area contributed by atoms with Crippen molar-refractivity contribution in [1.29, 1.82) is 0 Å². The molecule has 0 bridgehead atoms. The number of hydrogen-bond donors (Lipinski definition) is 1. The summed E-state index contributed by atoms with van der Waals surface area (Å²) >= 11 is 5.89. The lowest BCUT2D eigenvalue weighted by atomic mass is 9.80. The minimum Gasteiger partial charge on any atom is -0.328 e. The number of rotatable bonds is 2. The predicted molar refractivity (Wildman–Crippen MR) is 72.3 cm³/mol. The van der Waals surface area contributed by atoms with Crippen LogP contribution in [0.15, 0.2) is 24.3 Å². The van der Waals surface area contributed by atoms with Gasteiger partial charge < -0.3 is 5.73 Å². The standard InChI is InChI=1S/C14H17ClN2O2/c15-11-3-1-9(2-4-11)13-5-6-19-17(13)14(18)10-7-12(16)8-10/h1-4,10,12-13H,5-8,16H2/t10-,12+,13-/m0/s1. The fourth-order valence-electron chi connectivity index (χ4n) is 2.72. The number of benzene rings is 1. The summed E-state index contributed by atoms with van der Waals surface area (Å²) in [6, 6.07) is 7.77. The van der Waals surface area contributed by atoms with Gasteiger partial charge in [-0.1, -0.05) is 23.7 Å². The van der Waals surface area contributed by atoms with Crippen LogP contribution in [0.2, 0.25) is 5.02 Å². The third kappa shape index (κ3) is 2.48. The largest absolute Gasteiger partial charge is 0.328 e.